The molecule has 3 aromatic rings. The molecule has 1 heterocycles. The first kappa shape index (κ1) is 13.8. The SMILES string of the molecule is CC(C)c1ccccc1Oc1nc(Cl)nc2ccccc12. The number of rotatable bonds is 3. The number of ether oxygens (including phenoxy) is 1. The summed E-state index contributed by atoms with van der Waals surface area (Å²) < 4.78 is 6.03. The normalized spacial score (nSPS) is 11.0. The molecule has 3 nitrogen and oxygen atoms in total. The van der Waals surface area contributed by atoms with Crippen LogP contribution >= 0.6 is 11.6 Å². The Balaban J connectivity index is 2.10. The van der Waals surface area contributed by atoms with Gasteiger partial charge in [0.25, 0.3) is 0 Å². The third-order valence-corrected chi connectivity index (χ3v) is 3.46. The van der Waals surface area contributed by atoms with Crippen LogP contribution in [-0.4, -0.2) is 9.97 Å². The van der Waals surface area contributed by atoms with Crippen LogP contribution in [0.25, 0.3) is 10.9 Å². The molecule has 106 valence electrons. The Morgan fingerprint density at radius 1 is 0.952 bits per heavy atom. The van der Waals surface area contributed by atoms with Gasteiger partial charge in [-0.3, -0.25) is 0 Å². The van der Waals surface area contributed by atoms with Crippen LogP contribution in [0.3, 0.4) is 0 Å². The molecule has 0 N–H and O–H groups in total. The highest BCUT2D eigenvalue weighted by atomic mass is 35.5. The predicted molar refractivity (Wildman–Crippen MR) is 85.2 cm³/mol. The zero-order chi connectivity index (χ0) is 14.8. The fourth-order valence-electron chi connectivity index (χ4n) is 2.25. The zero-order valence-corrected chi connectivity index (χ0v) is 12.6. The molecular formula is C17H15ClN2O. The number of halogens is 1. The minimum absolute atomic E-state index is 0.186. The third kappa shape index (κ3) is 2.83. The van der Waals surface area contributed by atoms with Crippen LogP contribution in [0, 0.1) is 0 Å². The molecule has 3 rings (SSSR count). The molecule has 0 unspecified atom stereocenters. The van der Waals surface area contributed by atoms with Crippen molar-refractivity contribution >= 4 is 22.5 Å². The van der Waals surface area contributed by atoms with E-state index in [9.17, 15) is 0 Å². The maximum absolute atomic E-state index is 6.03. The summed E-state index contributed by atoms with van der Waals surface area (Å²) >= 11 is 5.99. The molecule has 0 atom stereocenters. The second-order valence-corrected chi connectivity index (χ2v) is 5.45. The predicted octanol–water partition coefficient (Wildman–Crippen LogP) is 5.20. The van der Waals surface area contributed by atoms with Crippen molar-refractivity contribution in [3.63, 3.8) is 0 Å². The monoisotopic (exact) mass is 298 g/mol. The summed E-state index contributed by atoms with van der Waals surface area (Å²) in [6, 6.07) is 15.6. The standard InChI is InChI=1S/C17H15ClN2O/c1-11(2)12-7-4-6-10-15(12)21-16-13-8-3-5-9-14(13)19-17(18)20-16/h3-11H,1-2H3. The van der Waals surface area contributed by atoms with Gasteiger partial charge in [-0.15, -0.1) is 0 Å². The number of benzene rings is 2. The molecule has 0 bridgehead atoms. The quantitative estimate of drug-likeness (QED) is 0.623. The van der Waals surface area contributed by atoms with Gasteiger partial charge in [0.15, 0.2) is 0 Å². The van der Waals surface area contributed by atoms with Crippen molar-refractivity contribution in [1.29, 1.82) is 0 Å². The highest BCUT2D eigenvalue weighted by Crippen LogP contribution is 2.33. The molecule has 0 aliphatic heterocycles. The maximum atomic E-state index is 6.03. The van der Waals surface area contributed by atoms with Crippen molar-refractivity contribution in [2.45, 2.75) is 19.8 Å². The van der Waals surface area contributed by atoms with E-state index in [1.165, 1.54) is 0 Å². The lowest BCUT2D eigenvalue weighted by atomic mass is 10.0. The van der Waals surface area contributed by atoms with E-state index in [1.807, 2.05) is 42.5 Å². The van der Waals surface area contributed by atoms with Crippen LogP contribution in [0.1, 0.15) is 25.3 Å². The molecule has 0 saturated heterocycles. The molecule has 0 saturated carbocycles. The zero-order valence-electron chi connectivity index (χ0n) is 11.9. The number of nitrogens with zero attached hydrogens (tertiary/aromatic N) is 2. The molecule has 0 spiro atoms. The first-order valence-electron chi connectivity index (χ1n) is 6.84. The summed E-state index contributed by atoms with van der Waals surface area (Å²) in [5, 5.41) is 1.03. The van der Waals surface area contributed by atoms with E-state index in [1.54, 1.807) is 0 Å². The first-order chi connectivity index (χ1) is 10.1. The van der Waals surface area contributed by atoms with Gasteiger partial charge in [-0.25, -0.2) is 4.98 Å². The Morgan fingerprint density at radius 3 is 2.48 bits per heavy atom. The smallest absolute Gasteiger partial charge is 0.231 e. The summed E-state index contributed by atoms with van der Waals surface area (Å²) in [6.45, 7) is 4.26. The van der Waals surface area contributed by atoms with Gasteiger partial charge in [-0.1, -0.05) is 44.2 Å². The molecule has 0 aliphatic rings. The summed E-state index contributed by atoms with van der Waals surface area (Å²) in [6.07, 6.45) is 0. The number of hydrogen-bond donors (Lipinski definition) is 0. The Labute approximate surface area is 128 Å². The third-order valence-electron chi connectivity index (χ3n) is 3.29. The van der Waals surface area contributed by atoms with E-state index in [0.717, 1.165) is 22.2 Å². The van der Waals surface area contributed by atoms with Gasteiger partial charge in [0.2, 0.25) is 11.2 Å². The average Bonchev–Trinajstić information content (AvgIpc) is 2.47. The van der Waals surface area contributed by atoms with Crippen LogP contribution in [-0.2, 0) is 0 Å². The molecule has 1 aromatic heterocycles. The number of aromatic nitrogens is 2. The van der Waals surface area contributed by atoms with Gasteiger partial charge in [-0.05, 0) is 41.3 Å². The van der Waals surface area contributed by atoms with Crippen molar-refractivity contribution in [2.75, 3.05) is 0 Å². The Bertz CT molecular complexity index is 787. The van der Waals surface area contributed by atoms with Crippen LogP contribution in [0.5, 0.6) is 11.6 Å². The van der Waals surface area contributed by atoms with E-state index in [0.29, 0.717) is 11.8 Å². The minimum atomic E-state index is 0.186. The largest absolute Gasteiger partial charge is 0.438 e. The molecule has 0 aliphatic carbocycles. The summed E-state index contributed by atoms with van der Waals surface area (Å²) in [7, 11) is 0. The summed E-state index contributed by atoms with van der Waals surface area (Å²) in [5.74, 6) is 1.65. The van der Waals surface area contributed by atoms with Crippen LogP contribution < -0.4 is 4.74 Å². The van der Waals surface area contributed by atoms with Gasteiger partial charge in [-0.2, -0.15) is 4.98 Å². The van der Waals surface area contributed by atoms with Gasteiger partial charge >= 0.3 is 0 Å². The molecule has 0 fully saturated rings. The number of para-hydroxylation sites is 2. The molecule has 4 heteroatoms. The van der Waals surface area contributed by atoms with Gasteiger partial charge in [0, 0.05) is 0 Å². The lowest BCUT2D eigenvalue weighted by molar-refractivity contribution is 0.459. The van der Waals surface area contributed by atoms with Gasteiger partial charge in [0.05, 0.1) is 10.9 Å². The highest BCUT2D eigenvalue weighted by Gasteiger charge is 2.12. The number of hydrogen-bond acceptors (Lipinski definition) is 3. The fraction of sp³-hybridized carbons (Fsp3) is 0.176. The first-order valence-corrected chi connectivity index (χ1v) is 7.22. The fourth-order valence-corrected chi connectivity index (χ4v) is 2.42. The lowest BCUT2D eigenvalue weighted by Crippen LogP contribution is -1.97. The maximum Gasteiger partial charge on any atom is 0.231 e. The van der Waals surface area contributed by atoms with Gasteiger partial charge < -0.3 is 4.74 Å². The van der Waals surface area contributed by atoms with E-state index >= 15 is 0 Å². The molecule has 21 heavy (non-hydrogen) atoms. The number of fused-ring (bicyclic) bond motifs is 1. The Hall–Kier alpha value is -2.13. The van der Waals surface area contributed by atoms with Crippen molar-refractivity contribution in [3.05, 3.63) is 59.4 Å². The van der Waals surface area contributed by atoms with E-state index < -0.39 is 0 Å². The molecular weight excluding hydrogens is 284 g/mol. The van der Waals surface area contributed by atoms with E-state index in [4.69, 9.17) is 16.3 Å². The Kier molecular flexibility index (Phi) is 3.76. The summed E-state index contributed by atoms with van der Waals surface area (Å²) in [4.78, 5) is 8.44. The van der Waals surface area contributed by atoms with Crippen molar-refractivity contribution in [3.8, 4) is 11.6 Å². The highest BCUT2D eigenvalue weighted by molar-refractivity contribution is 6.28. The van der Waals surface area contributed by atoms with E-state index in [2.05, 4.69) is 29.9 Å². The van der Waals surface area contributed by atoms with Gasteiger partial charge in [0.1, 0.15) is 5.75 Å². The second kappa shape index (κ2) is 5.70. The van der Waals surface area contributed by atoms with E-state index in [-0.39, 0.29) is 5.28 Å². The molecule has 0 amide bonds. The van der Waals surface area contributed by atoms with Crippen molar-refractivity contribution in [2.24, 2.45) is 0 Å². The lowest BCUT2D eigenvalue weighted by Gasteiger charge is -2.14. The average molecular weight is 299 g/mol. The minimum Gasteiger partial charge on any atom is -0.438 e. The second-order valence-electron chi connectivity index (χ2n) is 5.11. The molecule has 0 radical (unpaired) electrons. The van der Waals surface area contributed by atoms with Crippen LogP contribution in [0.2, 0.25) is 5.28 Å². The van der Waals surface area contributed by atoms with Crippen LogP contribution in [0.15, 0.2) is 48.5 Å². The summed E-state index contributed by atoms with van der Waals surface area (Å²) in [5.41, 5.74) is 1.91. The van der Waals surface area contributed by atoms with Crippen molar-refractivity contribution < 1.29 is 4.74 Å². The van der Waals surface area contributed by atoms with Crippen LogP contribution in [0.4, 0.5) is 0 Å². The van der Waals surface area contributed by atoms with Crippen molar-refractivity contribution in [1.82, 2.24) is 9.97 Å². The molecule has 2 aromatic carbocycles. The topological polar surface area (TPSA) is 35.0 Å². The Morgan fingerprint density at radius 2 is 1.67 bits per heavy atom.